The van der Waals surface area contributed by atoms with E-state index in [1.165, 1.54) is 24.5 Å². The summed E-state index contributed by atoms with van der Waals surface area (Å²) in [6.07, 6.45) is 2.66. The normalized spacial score (nSPS) is 11.2. The number of carbonyl (C=O) groups is 1. The van der Waals surface area contributed by atoms with Crippen molar-refractivity contribution in [2.75, 3.05) is 4.72 Å². The average molecular weight is 281 g/mol. The van der Waals surface area contributed by atoms with Crippen molar-refractivity contribution < 1.29 is 18.3 Å². The number of hydrogen-bond acceptors (Lipinski definition) is 4. The van der Waals surface area contributed by atoms with Gasteiger partial charge in [-0.05, 0) is 19.1 Å². The lowest BCUT2D eigenvalue weighted by Crippen LogP contribution is -2.17. The number of aromatic carboxylic acids is 1. The second kappa shape index (κ2) is 4.73. The lowest BCUT2D eigenvalue weighted by Gasteiger charge is -2.09. The molecule has 0 spiro atoms. The van der Waals surface area contributed by atoms with Gasteiger partial charge in [0.2, 0.25) is 5.16 Å². The van der Waals surface area contributed by atoms with Crippen LogP contribution < -0.4 is 4.72 Å². The summed E-state index contributed by atoms with van der Waals surface area (Å²) in [5, 5.41) is 8.79. The quantitative estimate of drug-likeness (QED) is 0.780. The number of rotatable bonds is 4. The van der Waals surface area contributed by atoms with E-state index < -0.39 is 16.0 Å². The number of H-pyrrole nitrogens is 1. The first-order valence-electron chi connectivity index (χ1n) is 5.26. The Balaban J connectivity index is 2.42. The molecule has 1 aromatic carbocycles. The van der Waals surface area contributed by atoms with E-state index in [2.05, 4.69) is 14.7 Å². The van der Waals surface area contributed by atoms with Gasteiger partial charge >= 0.3 is 5.97 Å². The molecule has 3 N–H and O–H groups in total. The molecule has 2 aromatic rings. The maximum absolute atomic E-state index is 11.9. The van der Waals surface area contributed by atoms with Gasteiger partial charge in [-0.3, -0.25) is 4.72 Å². The van der Waals surface area contributed by atoms with E-state index in [1.54, 1.807) is 13.0 Å². The van der Waals surface area contributed by atoms with E-state index >= 15 is 0 Å². The molecule has 1 heterocycles. The Morgan fingerprint density at radius 2 is 2.16 bits per heavy atom. The summed E-state index contributed by atoms with van der Waals surface area (Å²) in [7, 11) is -3.92. The highest BCUT2D eigenvalue weighted by Gasteiger charge is 2.20. The molecule has 0 fully saturated rings. The van der Waals surface area contributed by atoms with E-state index in [9.17, 15) is 13.2 Å². The van der Waals surface area contributed by atoms with Crippen LogP contribution in [0.3, 0.4) is 0 Å². The molecule has 7 nitrogen and oxygen atoms in total. The predicted molar refractivity (Wildman–Crippen MR) is 67.5 cm³/mol. The highest BCUT2D eigenvalue weighted by Crippen LogP contribution is 2.20. The molecular formula is C11H11N3O4S. The summed E-state index contributed by atoms with van der Waals surface area (Å²) >= 11 is 0. The molecule has 1 aromatic heterocycles. The number of aryl methyl sites for hydroxylation is 1. The SMILES string of the molecule is Cc1ccc(NS(=O)(=O)c2ncc[nH]2)c(C(=O)O)c1. The van der Waals surface area contributed by atoms with Gasteiger partial charge in [0.1, 0.15) is 0 Å². The zero-order valence-corrected chi connectivity index (χ0v) is 10.7. The van der Waals surface area contributed by atoms with Crippen LogP contribution in [0, 0.1) is 6.92 Å². The van der Waals surface area contributed by atoms with Crippen molar-refractivity contribution >= 4 is 21.7 Å². The lowest BCUT2D eigenvalue weighted by molar-refractivity contribution is 0.0698. The number of aromatic amines is 1. The summed E-state index contributed by atoms with van der Waals surface area (Å²) in [4.78, 5) is 17.2. The van der Waals surface area contributed by atoms with Gasteiger partial charge in [-0.25, -0.2) is 9.78 Å². The molecule has 0 atom stereocenters. The van der Waals surface area contributed by atoms with E-state index in [-0.39, 0.29) is 16.4 Å². The van der Waals surface area contributed by atoms with Gasteiger partial charge in [0.05, 0.1) is 11.3 Å². The summed E-state index contributed by atoms with van der Waals surface area (Å²) in [5.41, 5.74) is 0.600. The Morgan fingerprint density at radius 1 is 1.42 bits per heavy atom. The van der Waals surface area contributed by atoms with Crippen LogP contribution in [-0.2, 0) is 10.0 Å². The molecule has 0 unspecified atom stereocenters. The zero-order valence-electron chi connectivity index (χ0n) is 9.91. The number of imidazole rings is 1. The van der Waals surface area contributed by atoms with Crippen LogP contribution >= 0.6 is 0 Å². The lowest BCUT2D eigenvalue weighted by atomic mass is 10.1. The van der Waals surface area contributed by atoms with Crippen LogP contribution in [0.4, 0.5) is 5.69 Å². The number of hydrogen-bond donors (Lipinski definition) is 3. The van der Waals surface area contributed by atoms with Crippen molar-refractivity contribution in [1.29, 1.82) is 0 Å². The van der Waals surface area contributed by atoms with Crippen molar-refractivity contribution in [1.82, 2.24) is 9.97 Å². The second-order valence-corrected chi connectivity index (χ2v) is 5.45. The molecule has 0 aliphatic rings. The van der Waals surface area contributed by atoms with E-state index in [0.29, 0.717) is 0 Å². The van der Waals surface area contributed by atoms with Gasteiger partial charge in [-0.15, -0.1) is 0 Å². The van der Waals surface area contributed by atoms with Crippen LogP contribution in [-0.4, -0.2) is 29.5 Å². The third kappa shape index (κ3) is 2.74. The highest BCUT2D eigenvalue weighted by molar-refractivity contribution is 7.92. The molecule has 0 aliphatic carbocycles. The molecule has 0 aliphatic heterocycles. The topological polar surface area (TPSA) is 112 Å². The molecule has 0 radical (unpaired) electrons. The average Bonchev–Trinajstić information content (AvgIpc) is 2.85. The molecule has 8 heteroatoms. The van der Waals surface area contributed by atoms with Crippen LogP contribution in [0.2, 0.25) is 0 Å². The first kappa shape index (κ1) is 13.1. The summed E-state index contributed by atoms with van der Waals surface area (Å²) in [6, 6.07) is 4.41. The number of carboxylic acid groups (broad SMARTS) is 1. The third-order valence-electron chi connectivity index (χ3n) is 2.38. The van der Waals surface area contributed by atoms with Gasteiger partial charge in [0, 0.05) is 12.4 Å². The van der Waals surface area contributed by atoms with Crippen molar-refractivity contribution in [2.24, 2.45) is 0 Å². The molecule has 0 saturated carbocycles. The Bertz CT molecular complexity index is 708. The molecule has 0 bridgehead atoms. The van der Waals surface area contributed by atoms with E-state index in [1.807, 2.05) is 0 Å². The summed E-state index contributed by atoms with van der Waals surface area (Å²) in [5.74, 6) is -1.21. The Kier molecular flexibility index (Phi) is 3.26. The Morgan fingerprint density at radius 3 is 2.74 bits per heavy atom. The van der Waals surface area contributed by atoms with Crippen molar-refractivity contribution in [3.8, 4) is 0 Å². The van der Waals surface area contributed by atoms with Gasteiger partial charge in [0.15, 0.2) is 0 Å². The maximum Gasteiger partial charge on any atom is 0.337 e. The minimum absolute atomic E-state index is 0.00509. The Labute approximate surface area is 109 Å². The van der Waals surface area contributed by atoms with Gasteiger partial charge in [-0.2, -0.15) is 8.42 Å². The predicted octanol–water partition coefficient (Wildman–Crippen LogP) is 1.22. The number of anilines is 1. The first-order chi connectivity index (χ1) is 8.90. The smallest absolute Gasteiger partial charge is 0.337 e. The van der Waals surface area contributed by atoms with Gasteiger partial charge < -0.3 is 10.1 Å². The minimum atomic E-state index is -3.92. The maximum atomic E-state index is 11.9. The van der Waals surface area contributed by atoms with Crippen LogP contribution in [0.1, 0.15) is 15.9 Å². The van der Waals surface area contributed by atoms with Crippen LogP contribution in [0.5, 0.6) is 0 Å². The minimum Gasteiger partial charge on any atom is -0.478 e. The monoisotopic (exact) mass is 281 g/mol. The molecular weight excluding hydrogens is 270 g/mol. The zero-order chi connectivity index (χ0) is 14.0. The van der Waals surface area contributed by atoms with Gasteiger partial charge in [0.25, 0.3) is 10.0 Å². The fraction of sp³-hybridized carbons (Fsp3) is 0.0909. The molecule has 100 valence electrons. The number of nitrogens with one attached hydrogen (secondary N) is 2. The van der Waals surface area contributed by atoms with Crippen LogP contribution in [0.15, 0.2) is 35.7 Å². The standard InChI is InChI=1S/C11H11N3O4S/c1-7-2-3-9(8(6-7)10(15)16)14-19(17,18)11-12-4-5-13-11/h2-6,14H,1H3,(H,12,13)(H,15,16). The highest BCUT2D eigenvalue weighted by atomic mass is 32.2. The number of benzene rings is 1. The Hall–Kier alpha value is -2.35. The van der Waals surface area contributed by atoms with Crippen molar-refractivity contribution in [3.63, 3.8) is 0 Å². The number of nitrogens with zero attached hydrogens (tertiary/aromatic N) is 1. The summed E-state index contributed by atoms with van der Waals surface area (Å²) in [6.45, 7) is 1.72. The molecule has 19 heavy (non-hydrogen) atoms. The molecule has 2 rings (SSSR count). The van der Waals surface area contributed by atoms with Crippen molar-refractivity contribution in [3.05, 3.63) is 41.7 Å². The number of sulfonamides is 1. The third-order valence-corrected chi connectivity index (χ3v) is 3.60. The largest absolute Gasteiger partial charge is 0.478 e. The van der Waals surface area contributed by atoms with Crippen molar-refractivity contribution in [2.45, 2.75) is 12.1 Å². The van der Waals surface area contributed by atoms with E-state index in [4.69, 9.17) is 5.11 Å². The van der Waals surface area contributed by atoms with E-state index in [0.717, 1.165) is 5.56 Å². The molecule has 0 saturated heterocycles. The summed E-state index contributed by atoms with van der Waals surface area (Å²) < 4.78 is 26.0. The number of carboxylic acids is 1. The number of aromatic nitrogens is 2. The first-order valence-corrected chi connectivity index (χ1v) is 6.74. The fourth-order valence-electron chi connectivity index (χ4n) is 1.51. The fourth-order valence-corrected chi connectivity index (χ4v) is 2.50. The van der Waals surface area contributed by atoms with Gasteiger partial charge in [-0.1, -0.05) is 11.6 Å². The molecule has 0 amide bonds. The van der Waals surface area contributed by atoms with Crippen LogP contribution in [0.25, 0.3) is 0 Å². The second-order valence-electron chi connectivity index (χ2n) is 3.85.